The SMILES string of the molecule is N#Cc1ccc(/C=N\NC(=O)CN2CCCc3ccccc32)cc1. The zero-order chi connectivity index (χ0) is 16.8. The van der Waals surface area contributed by atoms with Crippen molar-refractivity contribution in [1.29, 1.82) is 5.26 Å². The van der Waals surface area contributed by atoms with Crippen LogP contribution in [0.3, 0.4) is 0 Å². The summed E-state index contributed by atoms with van der Waals surface area (Å²) in [4.78, 5) is 14.2. The molecule has 0 atom stereocenters. The highest BCUT2D eigenvalue weighted by atomic mass is 16.2. The standard InChI is InChI=1S/C19H18N4O/c20-12-15-7-9-16(10-8-15)13-21-22-19(24)14-23-11-3-5-17-4-1-2-6-18(17)23/h1-2,4,6-10,13H,3,5,11,14H2,(H,22,24)/b21-13-. The molecule has 0 spiro atoms. The van der Waals surface area contributed by atoms with Crippen molar-refractivity contribution in [3.8, 4) is 6.07 Å². The summed E-state index contributed by atoms with van der Waals surface area (Å²) >= 11 is 0. The molecule has 0 saturated carbocycles. The number of carbonyl (C=O) groups is 1. The predicted octanol–water partition coefficient (Wildman–Crippen LogP) is 2.46. The van der Waals surface area contributed by atoms with Crippen molar-refractivity contribution in [3.63, 3.8) is 0 Å². The van der Waals surface area contributed by atoms with E-state index in [1.54, 1.807) is 30.5 Å². The van der Waals surface area contributed by atoms with E-state index >= 15 is 0 Å². The Morgan fingerprint density at radius 1 is 1.25 bits per heavy atom. The van der Waals surface area contributed by atoms with Crippen molar-refractivity contribution < 1.29 is 4.79 Å². The number of nitrogens with one attached hydrogen (secondary N) is 1. The summed E-state index contributed by atoms with van der Waals surface area (Å²) in [5, 5.41) is 12.7. The van der Waals surface area contributed by atoms with Crippen molar-refractivity contribution in [2.45, 2.75) is 12.8 Å². The average Bonchev–Trinajstić information content (AvgIpc) is 2.63. The normalized spacial score (nSPS) is 13.4. The van der Waals surface area contributed by atoms with Crippen LogP contribution in [0.25, 0.3) is 0 Å². The van der Waals surface area contributed by atoms with Crippen LogP contribution in [0.4, 0.5) is 5.69 Å². The molecule has 0 aliphatic carbocycles. The zero-order valence-electron chi connectivity index (χ0n) is 13.3. The number of aryl methyl sites for hydroxylation is 1. The number of nitriles is 1. The van der Waals surface area contributed by atoms with E-state index in [4.69, 9.17) is 5.26 Å². The van der Waals surface area contributed by atoms with Crippen molar-refractivity contribution >= 4 is 17.8 Å². The van der Waals surface area contributed by atoms with E-state index in [1.165, 1.54) is 5.56 Å². The van der Waals surface area contributed by atoms with Crippen LogP contribution in [0.2, 0.25) is 0 Å². The molecule has 3 rings (SSSR count). The molecule has 0 radical (unpaired) electrons. The number of nitrogens with zero attached hydrogens (tertiary/aromatic N) is 3. The van der Waals surface area contributed by atoms with Gasteiger partial charge in [0.25, 0.3) is 5.91 Å². The molecule has 5 heteroatoms. The fourth-order valence-corrected chi connectivity index (χ4v) is 2.81. The third-order valence-electron chi connectivity index (χ3n) is 3.98. The van der Waals surface area contributed by atoms with E-state index in [9.17, 15) is 4.79 Å². The van der Waals surface area contributed by atoms with E-state index in [1.807, 2.05) is 12.1 Å². The lowest BCUT2D eigenvalue weighted by Gasteiger charge is -2.30. The molecule has 1 N–H and O–H groups in total. The molecule has 1 aliphatic rings. The average molecular weight is 318 g/mol. The maximum atomic E-state index is 12.1. The van der Waals surface area contributed by atoms with Crippen LogP contribution in [-0.2, 0) is 11.2 Å². The van der Waals surface area contributed by atoms with Crippen molar-refractivity contribution in [2.75, 3.05) is 18.0 Å². The van der Waals surface area contributed by atoms with Gasteiger partial charge in [-0.1, -0.05) is 30.3 Å². The van der Waals surface area contributed by atoms with Crippen LogP contribution in [-0.4, -0.2) is 25.2 Å². The molecular formula is C19H18N4O. The quantitative estimate of drug-likeness (QED) is 0.695. The van der Waals surface area contributed by atoms with E-state index in [0.29, 0.717) is 12.1 Å². The lowest BCUT2D eigenvalue weighted by atomic mass is 10.0. The summed E-state index contributed by atoms with van der Waals surface area (Å²) in [5.41, 5.74) is 6.41. The molecule has 2 aromatic rings. The third-order valence-corrected chi connectivity index (χ3v) is 3.98. The van der Waals surface area contributed by atoms with Gasteiger partial charge in [0.15, 0.2) is 0 Å². The van der Waals surface area contributed by atoms with E-state index < -0.39 is 0 Å². The number of rotatable bonds is 4. The highest BCUT2D eigenvalue weighted by Crippen LogP contribution is 2.26. The van der Waals surface area contributed by atoms with Crippen LogP contribution in [0.15, 0.2) is 53.6 Å². The molecule has 1 heterocycles. The van der Waals surface area contributed by atoms with Crippen LogP contribution < -0.4 is 10.3 Å². The van der Waals surface area contributed by atoms with Gasteiger partial charge in [-0.15, -0.1) is 0 Å². The molecule has 0 fully saturated rings. The molecule has 0 aromatic heterocycles. The summed E-state index contributed by atoms with van der Waals surface area (Å²) in [7, 11) is 0. The van der Waals surface area contributed by atoms with Gasteiger partial charge in [0.2, 0.25) is 0 Å². The summed E-state index contributed by atoms with van der Waals surface area (Å²) < 4.78 is 0. The number of para-hydroxylation sites is 1. The van der Waals surface area contributed by atoms with Gasteiger partial charge in [-0.25, -0.2) is 5.43 Å². The van der Waals surface area contributed by atoms with Crippen LogP contribution in [0.5, 0.6) is 0 Å². The van der Waals surface area contributed by atoms with Gasteiger partial charge in [0, 0.05) is 12.2 Å². The first-order valence-electron chi connectivity index (χ1n) is 7.91. The molecular weight excluding hydrogens is 300 g/mol. The molecule has 1 aliphatic heterocycles. The van der Waals surface area contributed by atoms with E-state index in [2.05, 4.69) is 33.6 Å². The number of amides is 1. The summed E-state index contributed by atoms with van der Waals surface area (Å²) in [6.45, 7) is 1.17. The number of benzene rings is 2. The zero-order valence-corrected chi connectivity index (χ0v) is 13.3. The van der Waals surface area contributed by atoms with E-state index in [-0.39, 0.29) is 5.91 Å². The Morgan fingerprint density at radius 2 is 2.04 bits per heavy atom. The van der Waals surface area contributed by atoms with E-state index in [0.717, 1.165) is 30.6 Å². The second kappa shape index (κ2) is 7.42. The van der Waals surface area contributed by atoms with Gasteiger partial charge in [-0.2, -0.15) is 10.4 Å². The third kappa shape index (κ3) is 3.79. The van der Waals surface area contributed by atoms with Gasteiger partial charge in [-0.05, 0) is 42.2 Å². The van der Waals surface area contributed by atoms with Crippen molar-refractivity contribution in [3.05, 3.63) is 65.2 Å². The summed E-state index contributed by atoms with van der Waals surface area (Å²) in [6, 6.07) is 17.3. The molecule has 120 valence electrons. The lowest BCUT2D eigenvalue weighted by molar-refractivity contribution is -0.119. The summed E-state index contributed by atoms with van der Waals surface area (Å²) in [5.74, 6) is -0.142. The number of anilines is 1. The molecule has 0 bridgehead atoms. The smallest absolute Gasteiger partial charge is 0.259 e. The second-order valence-electron chi connectivity index (χ2n) is 5.68. The maximum absolute atomic E-state index is 12.1. The number of hydrazone groups is 1. The highest BCUT2D eigenvalue weighted by Gasteiger charge is 2.18. The highest BCUT2D eigenvalue weighted by molar-refractivity contribution is 5.85. The van der Waals surface area contributed by atoms with Crippen LogP contribution in [0, 0.1) is 11.3 Å². The Kier molecular flexibility index (Phi) is 4.87. The van der Waals surface area contributed by atoms with Gasteiger partial charge >= 0.3 is 0 Å². The van der Waals surface area contributed by atoms with Gasteiger partial charge in [0.05, 0.1) is 24.4 Å². The minimum absolute atomic E-state index is 0.142. The monoisotopic (exact) mass is 318 g/mol. The fourth-order valence-electron chi connectivity index (χ4n) is 2.81. The van der Waals surface area contributed by atoms with Crippen molar-refractivity contribution in [1.82, 2.24) is 5.43 Å². The largest absolute Gasteiger partial charge is 0.362 e. The first kappa shape index (κ1) is 15.8. The van der Waals surface area contributed by atoms with Crippen molar-refractivity contribution in [2.24, 2.45) is 5.10 Å². The molecule has 0 saturated heterocycles. The minimum Gasteiger partial charge on any atom is -0.362 e. The number of fused-ring (bicyclic) bond motifs is 1. The predicted molar refractivity (Wildman–Crippen MR) is 93.9 cm³/mol. The minimum atomic E-state index is -0.142. The number of hydrogen-bond acceptors (Lipinski definition) is 4. The Bertz CT molecular complexity index is 790. The Labute approximate surface area is 141 Å². The first-order chi connectivity index (χ1) is 11.8. The first-order valence-corrected chi connectivity index (χ1v) is 7.91. The summed E-state index contributed by atoms with van der Waals surface area (Å²) in [6.07, 6.45) is 3.69. The number of hydrogen-bond donors (Lipinski definition) is 1. The van der Waals surface area contributed by atoms with Crippen LogP contribution in [0.1, 0.15) is 23.1 Å². The topological polar surface area (TPSA) is 68.5 Å². The van der Waals surface area contributed by atoms with Gasteiger partial charge in [-0.3, -0.25) is 4.79 Å². The Hall–Kier alpha value is -3.13. The maximum Gasteiger partial charge on any atom is 0.259 e. The second-order valence-corrected chi connectivity index (χ2v) is 5.68. The Balaban J connectivity index is 1.56. The van der Waals surface area contributed by atoms with Gasteiger partial charge in [0.1, 0.15) is 0 Å². The lowest BCUT2D eigenvalue weighted by Crippen LogP contribution is -2.38. The number of carbonyl (C=O) groups excluding carboxylic acids is 1. The fraction of sp³-hybridized carbons (Fsp3) is 0.211. The molecule has 0 unspecified atom stereocenters. The Morgan fingerprint density at radius 3 is 2.83 bits per heavy atom. The van der Waals surface area contributed by atoms with Crippen LogP contribution >= 0.6 is 0 Å². The van der Waals surface area contributed by atoms with Gasteiger partial charge < -0.3 is 4.90 Å². The molecule has 2 aromatic carbocycles. The molecule has 24 heavy (non-hydrogen) atoms. The molecule has 1 amide bonds. The molecule has 5 nitrogen and oxygen atoms in total.